The van der Waals surface area contributed by atoms with Gasteiger partial charge in [-0.1, -0.05) is 24.3 Å². The van der Waals surface area contributed by atoms with Crippen LogP contribution in [0.4, 0.5) is 5.69 Å². The Morgan fingerprint density at radius 1 is 1.09 bits per heavy atom. The van der Waals surface area contributed by atoms with Gasteiger partial charge in [0.15, 0.2) is 0 Å². The van der Waals surface area contributed by atoms with Gasteiger partial charge in [-0.05, 0) is 55.9 Å². The maximum Gasteiger partial charge on any atom is 0.338 e. The number of benzene rings is 2. The molecule has 0 unspecified atom stereocenters. The molecule has 0 aliphatic carbocycles. The standard InChI is InChI=1S/C18H22N2O2/c1-20(2)10-5-11-22-18(21)16-8-3-6-14(12-16)15-7-4-9-17(19)13-15/h3-4,6-9,12-13H,5,10-11,19H2,1-2H3. The SMILES string of the molecule is CN(C)CCCOC(=O)c1cccc(-c2cccc(N)c2)c1. The van der Waals surface area contributed by atoms with Crippen LogP contribution in [0.25, 0.3) is 11.1 Å². The Bertz CT molecular complexity index is 638. The van der Waals surface area contributed by atoms with E-state index in [0.29, 0.717) is 17.9 Å². The zero-order chi connectivity index (χ0) is 15.9. The van der Waals surface area contributed by atoms with E-state index in [1.165, 1.54) is 0 Å². The predicted molar refractivity (Wildman–Crippen MR) is 89.7 cm³/mol. The molecular weight excluding hydrogens is 276 g/mol. The molecule has 116 valence electrons. The number of nitrogen functional groups attached to an aromatic ring is 1. The molecule has 0 atom stereocenters. The molecule has 0 fully saturated rings. The molecule has 0 saturated carbocycles. The Kier molecular flexibility index (Phi) is 5.55. The number of nitrogens with two attached hydrogens (primary N) is 1. The number of carbonyl (C=O) groups excluding carboxylic acids is 1. The highest BCUT2D eigenvalue weighted by Crippen LogP contribution is 2.22. The second-order valence-electron chi connectivity index (χ2n) is 5.50. The fourth-order valence-corrected chi connectivity index (χ4v) is 2.17. The van der Waals surface area contributed by atoms with Crippen LogP contribution >= 0.6 is 0 Å². The summed E-state index contributed by atoms with van der Waals surface area (Å²) in [6.07, 6.45) is 0.827. The van der Waals surface area contributed by atoms with Gasteiger partial charge >= 0.3 is 5.97 Å². The predicted octanol–water partition coefficient (Wildman–Crippen LogP) is 3.04. The summed E-state index contributed by atoms with van der Waals surface area (Å²) in [6, 6.07) is 15.0. The summed E-state index contributed by atoms with van der Waals surface area (Å²) in [4.78, 5) is 14.1. The lowest BCUT2D eigenvalue weighted by Crippen LogP contribution is -2.16. The Labute approximate surface area is 131 Å². The summed E-state index contributed by atoms with van der Waals surface area (Å²) < 4.78 is 5.30. The lowest BCUT2D eigenvalue weighted by atomic mass is 10.0. The summed E-state index contributed by atoms with van der Waals surface area (Å²) in [5.74, 6) is -0.287. The summed E-state index contributed by atoms with van der Waals surface area (Å²) in [5.41, 5.74) is 9.01. The van der Waals surface area contributed by atoms with Crippen LogP contribution in [0.15, 0.2) is 48.5 Å². The normalized spacial score (nSPS) is 10.7. The Balaban J connectivity index is 2.03. The van der Waals surface area contributed by atoms with Crippen LogP contribution in [0.5, 0.6) is 0 Å². The van der Waals surface area contributed by atoms with Crippen molar-refractivity contribution < 1.29 is 9.53 Å². The zero-order valence-electron chi connectivity index (χ0n) is 13.1. The van der Waals surface area contributed by atoms with Gasteiger partial charge in [0.2, 0.25) is 0 Å². The van der Waals surface area contributed by atoms with Crippen LogP contribution in [0, 0.1) is 0 Å². The average Bonchev–Trinajstić information content (AvgIpc) is 2.51. The topological polar surface area (TPSA) is 55.6 Å². The summed E-state index contributed by atoms with van der Waals surface area (Å²) in [6.45, 7) is 1.33. The van der Waals surface area contributed by atoms with Gasteiger partial charge in [0.25, 0.3) is 0 Å². The smallest absolute Gasteiger partial charge is 0.338 e. The van der Waals surface area contributed by atoms with E-state index in [1.807, 2.05) is 56.6 Å². The second kappa shape index (κ2) is 7.61. The number of carbonyl (C=O) groups is 1. The van der Waals surface area contributed by atoms with Crippen LogP contribution in [0.2, 0.25) is 0 Å². The fraction of sp³-hybridized carbons (Fsp3) is 0.278. The van der Waals surface area contributed by atoms with E-state index in [4.69, 9.17) is 10.5 Å². The van der Waals surface area contributed by atoms with E-state index in [1.54, 1.807) is 6.07 Å². The van der Waals surface area contributed by atoms with Gasteiger partial charge in [-0.3, -0.25) is 0 Å². The van der Waals surface area contributed by atoms with E-state index in [-0.39, 0.29) is 5.97 Å². The number of hydrogen-bond donors (Lipinski definition) is 1. The quantitative estimate of drug-likeness (QED) is 0.506. The third-order valence-corrected chi connectivity index (χ3v) is 3.30. The Morgan fingerprint density at radius 3 is 2.45 bits per heavy atom. The van der Waals surface area contributed by atoms with Crippen molar-refractivity contribution in [3.8, 4) is 11.1 Å². The maximum atomic E-state index is 12.1. The van der Waals surface area contributed by atoms with Crippen LogP contribution < -0.4 is 5.73 Å². The minimum atomic E-state index is -0.287. The number of hydrogen-bond acceptors (Lipinski definition) is 4. The third-order valence-electron chi connectivity index (χ3n) is 3.30. The van der Waals surface area contributed by atoms with Crippen molar-refractivity contribution in [1.82, 2.24) is 4.90 Å². The molecule has 0 aromatic heterocycles. The van der Waals surface area contributed by atoms with Gasteiger partial charge in [0.1, 0.15) is 0 Å². The lowest BCUT2D eigenvalue weighted by Gasteiger charge is -2.10. The molecule has 0 spiro atoms. The minimum Gasteiger partial charge on any atom is -0.462 e. The number of rotatable bonds is 6. The first-order valence-electron chi connectivity index (χ1n) is 7.34. The van der Waals surface area contributed by atoms with Crippen LogP contribution in [0.1, 0.15) is 16.8 Å². The Hall–Kier alpha value is -2.33. The van der Waals surface area contributed by atoms with Crippen molar-refractivity contribution in [2.75, 3.05) is 33.0 Å². The van der Waals surface area contributed by atoms with Gasteiger partial charge in [-0.15, -0.1) is 0 Å². The van der Waals surface area contributed by atoms with E-state index < -0.39 is 0 Å². The molecule has 4 nitrogen and oxygen atoms in total. The first-order chi connectivity index (χ1) is 10.6. The zero-order valence-corrected chi connectivity index (χ0v) is 13.1. The van der Waals surface area contributed by atoms with E-state index in [9.17, 15) is 4.79 Å². The molecule has 0 saturated heterocycles. The van der Waals surface area contributed by atoms with Crippen molar-refractivity contribution in [3.05, 3.63) is 54.1 Å². The van der Waals surface area contributed by atoms with Crippen molar-refractivity contribution in [3.63, 3.8) is 0 Å². The summed E-state index contributed by atoms with van der Waals surface area (Å²) in [7, 11) is 3.99. The highest BCUT2D eigenvalue weighted by atomic mass is 16.5. The number of anilines is 1. The minimum absolute atomic E-state index is 0.287. The molecule has 2 rings (SSSR count). The number of nitrogens with zero attached hydrogens (tertiary/aromatic N) is 1. The molecule has 0 bridgehead atoms. The summed E-state index contributed by atoms with van der Waals surface area (Å²) in [5, 5.41) is 0. The molecule has 0 heterocycles. The van der Waals surface area contributed by atoms with Crippen molar-refractivity contribution in [1.29, 1.82) is 0 Å². The van der Waals surface area contributed by atoms with Crippen molar-refractivity contribution in [2.24, 2.45) is 0 Å². The van der Waals surface area contributed by atoms with Crippen molar-refractivity contribution >= 4 is 11.7 Å². The molecule has 22 heavy (non-hydrogen) atoms. The van der Waals surface area contributed by atoms with Crippen LogP contribution in [0.3, 0.4) is 0 Å². The molecule has 0 aliphatic rings. The molecule has 2 N–H and O–H groups in total. The first-order valence-corrected chi connectivity index (χ1v) is 7.34. The Morgan fingerprint density at radius 2 is 1.77 bits per heavy atom. The van der Waals surface area contributed by atoms with E-state index in [2.05, 4.69) is 4.90 Å². The fourth-order valence-electron chi connectivity index (χ4n) is 2.17. The molecule has 0 radical (unpaired) electrons. The third kappa shape index (κ3) is 4.60. The largest absolute Gasteiger partial charge is 0.462 e. The molecule has 0 amide bonds. The molecule has 4 heteroatoms. The van der Waals surface area contributed by atoms with Gasteiger partial charge in [-0.2, -0.15) is 0 Å². The van der Waals surface area contributed by atoms with Gasteiger partial charge in [0.05, 0.1) is 12.2 Å². The van der Waals surface area contributed by atoms with E-state index >= 15 is 0 Å². The first kappa shape index (κ1) is 16.0. The molecule has 2 aromatic carbocycles. The summed E-state index contributed by atoms with van der Waals surface area (Å²) >= 11 is 0. The molecule has 0 aliphatic heterocycles. The maximum absolute atomic E-state index is 12.1. The van der Waals surface area contributed by atoms with Gasteiger partial charge < -0.3 is 15.4 Å². The number of ether oxygens (including phenoxy) is 1. The molecular formula is C18H22N2O2. The highest BCUT2D eigenvalue weighted by Gasteiger charge is 2.08. The molecule has 2 aromatic rings. The monoisotopic (exact) mass is 298 g/mol. The van der Waals surface area contributed by atoms with Gasteiger partial charge in [-0.25, -0.2) is 4.79 Å². The second-order valence-corrected chi connectivity index (χ2v) is 5.50. The van der Waals surface area contributed by atoms with Crippen molar-refractivity contribution in [2.45, 2.75) is 6.42 Å². The average molecular weight is 298 g/mol. The lowest BCUT2D eigenvalue weighted by molar-refractivity contribution is 0.0493. The van der Waals surface area contributed by atoms with Gasteiger partial charge in [0, 0.05) is 12.2 Å². The number of esters is 1. The van der Waals surface area contributed by atoms with Crippen LogP contribution in [-0.4, -0.2) is 38.1 Å². The van der Waals surface area contributed by atoms with E-state index in [0.717, 1.165) is 24.1 Å². The van der Waals surface area contributed by atoms with Crippen LogP contribution in [-0.2, 0) is 4.74 Å². The highest BCUT2D eigenvalue weighted by molar-refractivity contribution is 5.91.